The minimum atomic E-state index is -0.308. The fraction of sp³-hybridized carbons (Fsp3) is 0.143. The van der Waals surface area contributed by atoms with Crippen molar-refractivity contribution in [1.29, 1.82) is 0 Å². The molecule has 1 aromatic heterocycles. The molecule has 1 N–H and O–H groups in total. The maximum atomic E-state index is 12.1. The van der Waals surface area contributed by atoms with E-state index >= 15 is 0 Å². The van der Waals surface area contributed by atoms with E-state index in [1.165, 1.54) is 12.3 Å². The van der Waals surface area contributed by atoms with Gasteiger partial charge < -0.3 is 10.1 Å². The topological polar surface area (TPSA) is 51.2 Å². The minimum Gasteiger partial charge on any atom is -0.492 e. The Balaban J connectivity index is 2.25. The fourth-order valence-corrected chi connectivity index (χ4v) is 1.97. The third kappa shape index (κ3) is 3.62. The number of pyridine rings is 1. The Hall–Kier alpha value is -1.78. The summed E-state index contributed by atoms with van der Waals surface area (Å²) in [7, 11) is 0. The molecule has 2 rings (SSSR count). The fourth-order valence-electron chi connectivity index (χ4n) is 1.62. The van der Waals surface area contributed by atoms with Gasteiger partial charge in [0.25, 0.3) is 5.91 Å². The van der Waals surface area contributed by atoms with Crippen molar-refractivity contribution in [2.75, 3.05) is 11.9 Å². The Morgan fingerprint density at radius 2 is 2.10 bits per heavy atom. The number of hydrogen-bond acceptors (Lipinski definition) is 3. The van der Waals surface area contributed by atoms with Crippen LogP contribution in [-0.4, -0.2) is 17.5 Å². The number of benzene rings is 1. The number of carbonyl (C=O) groups excluding carboxylic acids is 1. The molecule has 0 spiro atoms. The number of carbonyl (C=O) groups is 1. The smallest absolute Gasteiger partial charge is 0.255 e. The van der Waals surface area contributed by atoms with E-state index < -0.39 is 0 Å². The van der Waals surface area contributed by atoms with Gasteiger partial charge in [-0.2, -0.15) is 0 Å². The molecule has 6 heteroatoms. The molecule has 2 aromatic rings. The van der Waals surface area contributed by atoms with Crippen molar-refractivity contribution in [3.8, 4) is 5.75 Å². The first-order valence-electron chi connectivity index (χ1n) is 5.95. The molecule has 0 fully saturated rings. The van der Waals surface area contributed by atoms with Crippen molar-refractivity contribution >= 4 is 34.8 Å². The Bertz CT molecular complexity index is 632. The summed E-state index contributed by atoms with van der Waals surface area (Å²) in [6.07, 6.45) is 1.47. The monoisotopic (exact) mass is 310 g/mol. The molecule has 0 unspecified atom stereocenters. The number of halogens is 2. The number of nitrogens with one attached hydrogen (secondary N) is 1. The average Bonchev–Trinajstić information content (AvgIpc) is 2.42. The number of rotatable bonds is 4. The van der Waals surface area contributed by atoms with Gasteiger partial charge in [0, 0.05) is 16.8 Å². The summed E-state index contributed by atoms with van der Waals surface area (Å²) in [5.74, 6) is 0.253. The lowest BCUT2D eigenvalue weighted by Gasteiger charge is -2.12. The van der Waals surface area contributed by atoms with Gasteiger partial charge in [0.15, 0.2) is 0 Å². The average molecular weight is 311 g/mol. The normalized spacial score (nSPS) is 10.2. The van der Waals surface area contributed by atoms with Crippen LogP contribution in [0.3, 0.4) is 0 Å². The molecular formula is C14H12Cl2N2O2. The first-order chi connectivity index (χ1) is 9.60. The summed E-state index contributed by atoms with van der Waals surface area (Å²) in [5, 5.41) is 3.51. The predicted octanol–water partition coefficient (Wildman–Crippen LogP) is 4.04. The maximum Gasteiger partial charge on any atom is 0.255 e. The van der Waals surface area contributed by atoms with E-state index in [2.05, 4.69) is 10.3 Å². The third-order valence-electron chi connectivity index (χ3n) is 2.48. The highest BCUT2D eigenvalue weighted by molar-refractivity contribution is 6.31. The zero-order valence-electron chi connectivity index (χ0n) is 10.7. The van der Waals surface area contributed by atoms with Crippen LogP contribution >= 0.6 is 23.2 Å². The van der Waals surface area contributed by atoms with E-state index in [4.69, 9.17) is 27.9 Å². The summed E-state index contributed by atoms with van der Waals surface area (Å²) >= 11 is 11.7. The van der Waals surface area contributed by atoms with Gasteiger partial charge in [-0.3, -0.25) is 4.79 Å². The third-order valence-corrected chi connectivity index (χ3v) is 2.92. The molecule has 0 aliphatic heterocycles. The Morgan fingerprint density at radius 1 is 1.30 bits per heavy atom. The molecular weight excluding hydrogens is 299 g/mol. The summed E-state index contributed by atoms with van der Waals surface area (Å²) in [6, 6.07) is 8.10. The molecule has 1 heterocycles. The minimum absolute atomic E-state index is 0.258. The van der Waals surface area contributed by atoms with Crippen LogP contribution in [0, 0.1) is 0 Å². The maximum absolute atomic E-state index is 12.1. The Morgan fingerprint density at radius 3 is 2.80 bits per heavy atom. The first-order valence-corrected chi connectivity index (χ1v) is 6.71. The lowest BCUT2D eigenvalue weighted by atomic mass is 10.2. The summed E-state index contributed by atoms with van der Waals surface area (Å²) < 4.78 is 5.44. The van der Waals surface area contributed by atoms with E-state index in [0.717, 1.165) is 0 Å². The van der Waals surface area contributed by atoms with Crippen LogP contribution in [0.4, 0.5) is 5.69 Å². The van der Waals surface area contributed by atoms with Crippen LogP contribution in [0.15, 0.2) is 36.5 Å². The molecule has 0 aliphatic rings. The van der Waals surface area contributed by atoms with Gasteiger partial charge in [0.2, 0.25) is 0 Å². The van der Waals surface area contributed by atoms with Crippen LogP contribution in [0.25, 0.3) is 0 Å². The van der Waals surface area contributed by atoms with Crippen molar-refractivity contribution in [3.63, 3.8) is 0 Å². The van der Waals surface area contributed by atoms with Gasteiger partial charge in [0.05, 0.1) is 12.3 Å². The van der Waals surface area contributed by atoms with Crippen molar-refractivity contribution in [2.24, 2.45) is 0 Å². The van der Waals surface area contributed by atoms with Crippen molar-refractivity contribution in [2.45, 2.75) is 6.92 Å². The number of hydrogen-bond donors (Lipinski definition) is 1. The zero-order valence-corrected chi connectivity index (χ0v) is 12.2. The van der Waals surface area contributed by atoms with Crippen LogP contribution in [-0.2, 0) is 0 Å². The molecule has 1 aromatic carbocycles. The van der Waals surface area contributed by atoms with Gasteiger partial charge in [-0.05, 0) is 37.3 Å². The lowest BCUT2D eigenvalue weighted by Crippen LogP contribution is -2.13. The standard InChI is InChI=1S/C14H12Cl2N2O2/c1-2-20-12-4-3-10(15)8-11(12)18-14(19)9-5-6-17-13(16)7-9/h3-8H,2H2,1H3,(H,18,19). The molecule has 0 aliphatic carbocycles. The van der Waals surface area contributed by atoms with Crippen LogP contribution < -0.4 is 10.1 Å². The lowest BCUT2D eigenvalue weighted by molar-refractivity contribution is 0.102. The highest BCUT2D eigenvalue weighted by Gasteiger charge is 2.11. The van der Waals surface area contributed by atoms with E-state index in [0.29, 0.717) is 28.6 Å². The molecule has 20 heavy (non-hydrogen) atoms. The number of anilines is 1. The van der Waals surface area contributed by atoms with Crippen molar-refractivity contribution in [3.05, 3.63) is 52.3 Å². The predicted molar refractivity (Wildman–Crippen MR) is 79.8 cm³/mol. The highest BCUT2D eigenvalue weighted by Crippen LogP contribution is 2.28. The SMILES string of the molecule is CCOc1ccc(Cl)cc1NC(=O)c1ccnc(Cl)c1. The molecule has 0 saturated heterocycles. The van der Waals surface area contributed by atoms with Gasteiger partial charge in [-0.15, -0.1) is 0 Å². The number of nitrogens with zero attached hydrogens (tertiary/aromatic N) is 1. The van der Waals surface area contributed by atoms with Crippen molar-refractivity contribution in [1.82, 2.24) is 4.98 Å². The van der Waals surface area contributed by atoms with Gasteiger partial charge >= 0.3 is 0 Å². The Kier molecular flexibility index (Phi) is 4.82. The molecule has 0 radical (unpaired) electrons. The van der Waals surface area contributed by atoms with Crippen molar-refractivity contribution < 1.29 is 9.53 Å². The van der Waals surface area contributed by atoms with E-state index in [9.17, 15) is 4.79 Å². The molecule has 0 saturated carbocycles. The second-order valence-electron chi connectivity index (χ2n) is 3.89. The van der Waals surface area contributed by atoms with Gasteiger partial charge in [-0.1, -0.05) is 23.2 Å². The zero-order chi connectivity index (χ0) is 14.5. The van der Waals surface area contributed by atoms with Gasteiger partial charge in [0.1, 0.15) is 10.9 Å². The van der Waals surface area contributed by atoms with E-state index in [1.807, 2.05) is 6.92 Å². The van der Waals surface area contributed by atoms with Gasteiger partial charge in [-0.25, -0.2) is 4.98 Å². The van der Waals surface area contributed by atoms with Crippen LogP contribution in [0.2, 0.25) is 10.2 Å². The molecule has 0 atom stereocenters. The Labute approximate surface area is 126 Å². The summed E-state index contributed by atoms with van der Waals surface area (Å²) in [6.45, 7) is 2.36. The van der Waals surface area contributed by atoms with E-state index in [1.54, 1.807) is 24.3 Å². The molecule has 4 nitrogen and oxygen atoms in total. The highest BCUT2D eigenvalue weighted by atomic mass is 35.5. The number of ether oxygens (including phenoxy) is 1. The second kappa shape index (κ2) is 6.59. The van der Waals surface area contributed by atoms with Crippen LogP contribution in [0.1, 0.15) is 17.3 Å². The van der Waals surface area contributed by atoms with Crippen LogP contribution in [0.5, 0.6) is 5.75 Å². The van der Waals surface area contributed by atoms with E-state index in [-0.39, 0.29) is 11.1 Å². The number of aromatic nitrogens is 1. The molecule has 1 amide bonds. The molecule has 104 valence electrons. The summed E-state index contributed by atoms with van der Waals surface area (Å²) in [4.78, 5) is 16.0. The summed E-state index contributed by atoms with van der Waals surface area (Å²) in [5.41, 5.74) is 0.921. The largest absolute Gasteiger partial charge is 0.492 e. The first kappa shape index (κ1) is 14.6. The molecule has 0 bridgehead atoms. The number of amides is 1. The quantitative estimate of drug-likeness (QED) is 0.867. The second-order valence-corrected chi connectivity index (χ2v) is 4.72.